The summed E-state index contributed by atoms with van der Waals surface area (Å²) in [6, 6.07) is 0. The Morgan fingerprint density at radius 3 is 2.76 bits per heavy atom. The van der Waals surface area contributed by atoms with Gasteiger partial charge in [-0.25, -0.2) is 0 Å². The Labute approximate surface area is 124 Å². The molecule has 0 aromatic heterocycles. The molecule has 0 heterocycles. The fourth-order valence-electron chi connectivity index (χ4n) is 3.75. The Bertz CT molecular complexity index is 479. The number of ether oxygens (including phenoxy) is 1. The van der Waals surface area contributed by atoms with Crippen molar-refractivity contribution in [3.63, 3.8) is 0 Å². The third kappa shape index (κ3) is 3.43. The second-order valence-corrected chi connectivity index (χ2v) is 7.29. The van der Waals surface area contributed by atoms with E-state index in [-0.39, 0.29) is 36.4 Å². The van der Waals surface area contributed by atoms with Crippen molar-refractivity contribution in [3.05, 3.63) is 21.8 Å². The summed E-state index contributed by atoms with van der Waals surface area (Å²) in [5, 5.41) is 20.2. The molecule has 6 nitrogen and oxygen atoms in total. The number of rotatable bonds is 5. The standard InChI is InChI=1S/C15H23NO5/c1-14(2,3)21-13(18)7-15(9-16(19)20)6-11-4-10(8-17)5-12(11)15/h5,11-12,17H,4,6-9H2,1-3H3/t11-,12-,15-/m0/s1. The predicted octanol–water partition coefficient (Wildman–Crippen LogP) is 1.94. The Kier molecular flexibility index (Phi) is 4.10. The van der Waals surface area contributed by atoms with Crippen molar-refractivity contribution in [3.8, 4) is 0 Å². The first-order valence-electron chi connectivity index (χ1n) is 7.29. The molecule has 0 aromatic carbocycles. The number of hydrogen-bond acceptors (Lipinski definition) is 5. The maximum absolute atomic E-state index is 12.1. The first-order chi connectivity index (χ1) is 9.65. The molecule has 0 aliphatic heterocycles. The number of nitrogens with zero attached hydrogens (tertiary/aromatic N) is 1. The number of hydrogen-bond donors (Lipinski definition) is 1. The summed E-state index contributed by atoms with van der Waals surface area (Å²) in [5.74, 6) is -0.0410. The van der Waals surface area contributed by atoms with Crippen LogP contribution >= 0.6 is 0 Å². The third-order valence-corrected chi connectivity index (χ3v) is 4.39. The Hall–Kier alpha value is -1.43. The Morgan fingerprint density at radius 2 is 2.24 bits per heavy atom. The van der Waals surface area contributed by atoms with Crippen LogP contribution in [-0.4, -0.2) is 34.8 Å². The molecule has 1 N–H and O–H groups in total. The summed E-state index contributed by atoms with van der Waals surface area (Å²) in [7, 11) is 0. The molecular formula is C15H23NO5. The van der Waals surface area contributed by atoms with E-state index in [0.717, 1.165) is 12.0 Å². The van der Waals surface area contributed by atoms with Gasteiger partial charge in [0.25, 0.3) is 0 Å². The SMILES string of the molecule is CC(C)(C)OC(=O)C[C@]1(C[N+](=O)[O-])C[C@@H]2CC(CO)=C[C@@H]21. The van der Waals surface area contributed by atoms with Crippen LogP contribution < -0.4 is 0 Å². The highest BCUT2D eigenvalue weighted by molar-refractivity contribution is 5.71. The molecule has 0 saturated heterocycles. The minimum atomic E-state index is -0.645. The highest BCUT2D eigenvalue weighted by atomic mass is 16.6. The minimum absolute atomic E-state index is 0.00597. The van der Waals surface area contributed by atoms with E-state index >= 15 is 0 Å². The number of nitro groups is 1. The van der Waals surface area contributed by atoms with Gasteiger partial charge in [0, 0.05) is 4.92 Å². The van der Waals surface area contributed by atoms with E-state index in [2.05, 4.69) is 0 Å². The van der Waals surface area contributed by atoms with Crippen LogP contribution in [0.1, 0.15) is 40.0 Å². The predicted molar refractivity (Wildman–Crippen MR) is 76.1 cm³/mol. The molecule has 6 heteroatoms. The summed E-state index contributed by atoms with van der Waals surface area (Å²) in [6.45, 7) is 5.13. The van der Waals surface area contributed by atoms with Gasteiger partial charge in [0.2, 0.25) is 6.54 Å². The van der Waals surface area contributed by atoms with Crippen LogP contribution in [0, 0.1) is 27.4 Å². The third-order valence-electron chi connectivity index (χ3n) is 4.39. The zero-order chi connectivity index (χ0) is 15.8. The van der Waals surface area contributed by atoms with Gasteiger partial charge in [-0.3, -0.25) is 14.9 Å². The highest BCUT2D eigenvalue weighted by Crippen LogP contribution is 2.59. The molecule has 3 atom stereocenters. The summed E-state index contributed by atoms with van der Waals surface area (Å²) >= 11 is 0. The van der Waals surface area contributed by atoms with Crippen LogP contribution in [-0.2, 0) is 9.53 Å². The van der Waals surface area contributed by atoms with Crippen LogP contribution in [0.25, 0.3) is 0 Å². The van der Waals surface area contributed by atoms with Crippen LogP contribution in [0.4, 0.5) is 0 Å². The largest absolute Gasteiger partial charge is 0.460 e. The number of aliphatic hydroxyl groups is 1. The molecule has 0 unspecified atom stereocenters. The van der Waals surface area contributed by atoms with E-state index in [4.69, 9.17) is 4.74 Å². The Balaban J connectivity index is 2.11. The van der Waals surface area contributed by atoms with Gasteiger partial charge in [0.1, 0.15) is 5.60 Å². The molecular weight excluding hydrogens is 274 g/mol. The van der Waals surface area contributed by atoms with Gasteiger partial charge in [-0.05, 0) is 51.0 Å². The van der Waals surface area contributed by atoms with Crippen LogP contribution in [0.3, 0.4) is 0 Å². The van der Waals surface area contributed by atoms with E-state index in [0.29, 0.717) is 12.3 Å². The van der Waals surface area contributed by atoms with Gasteiger partial charge in [-0.15, -0.1) is 0 Å². The lowest BCUT2D eigenvalue weighted by Crippen LogP contribution is -2.51. The van der Waals surface area contributed by atoms with Gasteiger partial charge < -0.3 is 9.84 Å². The molecule has 1 saturated carbocycles. The smallest absolute Gasteiger partial charge is 0.307 e. The van der Waals surface area contributed by atoms with Crippen molar-refractivity contribution in [2.45, 2.75) is 45.6 Å². The lowest BCUT2D eigenvalue weighted by atomic mass is 9.53. The van der Waals surface area contributed by atoms with Crippen molar-refractivity contribution in [1.29, 1.82) is 0 Å². The first-order valence-corrected chi connectivity index (χ1v) is 7.29. The normalized spacial score (nSPS) is 31.1. The fourth-order valence-corrected chi connectivity index (χ4v) is 3.75. The van der Waals surface area contributed by atoms with E-state index in [1.807, 2.05) is 6.08 Å². The summed E-state index contributed by atoms with van der Waals surface area (Å²) < 4.78 is 5.32. The van der Waals surface area contributed by atoms with Gasteiger partial charge in [0.15, 0.2) is 0 Å². The quantitative estimate of drug-likeness (QED) is 0.362. The number of aliphatic hydroxyl groups excluding tert-OH is 1. The van der Waals surface area contributed by atoms with Crippen molar-refractivity contribution in [2.75, 3.05) is 13.2 Å². The molecule has 0 amide bonds. The zero-order valence-electron chi connectivity index (χ0n) is 12.8. The van der Waals surface area contributed by atoms with Crippen molar-refractivity contribution < 1.29 is 19.6 Å². The van der Waals surface area contributed by atoms with E-state index in [1.165, 1.54) is 0 Å². The maximum atomic E-state index is 12.1. The van der Waals surface area contributed by atoms with E-state index in [9.17, 15) is 20.0 Å². The number of fused-ring (bicyclic) bond motifs is 1. The summed E-state index contributed by atoms with van der Waals surface area (Å²) in [5.41, 5.74) is -0.301. The summed E-state index contributed by atoms with van der Waals surface area (Å²) in [6.07, 6.45) is 3.44. The number of carbonyl (C=O) groups excluding carboxylic acids is 1. The van der Waals surface area contributed by atoms with E-state index in [1.54, 1.807) is 20.8 Å². The molecule has 118 valence electrons. The van der Waals surface area contributed by atoms with Crippen molar-refractivity contribution in [1.82, 2.24) is 0 Å². The molecule has 21 heavy (non-hydrogen) atoms. The molecule has 1 fully saturated rings. The average Bonchev–Trinajstić information content (AvgIpc) is 2.63. The fraction of sp³-hybridized carbons (Fsp3) is 0.800. The molecule has 0 spiro atoms. The molecule has 2 aliphatic rings. The number of carbonyl (C=O) groups is 1. The molecule has 2 rings (SSSR count). The molecule has 0 bridgehead atoms. The van der Waals surface area contributed by atoms with Crippen molar-refractivity contribution >= 4 is 5.97 Å². The van der Waals surface area contributed by atoms with Crippen LogP contribution in [0.5, 0.6) is 0 Å². The minimum Gasteiger partial charge on any atom is -0.460 e. The maximum Gasteiger partial charge on any atom is 0.307 e. The average molecular weight is 297 g/mol. The topological polar surface area (TPSA) is 89.7 Å². The second-order valence-electron chi connectivity index (χ2n) is 7.29. The van der Waals surface area contributed by atoms with E-state index < -0.39 is 11.0 Å². The lowest BCUT2D eigenvalue weighted by molar-refractivity contribution is -0.506. The van der Waals surface area contributed by atoms with Crippen molar-refractivity contribution in [2.24, 2.45) is 17.3 Å². The van der Waals surface area contributed by atoms with Gasteiger partial charge in [-0.2, -0.15) is 0 Å². The number of allylic oxidation sites excluding steroid dienone is 1. The van der Waals surface area contributed by atoms with Crippen LogP contribution in [0.2, 0.25) is 0 Å². The lowest BCUT2D eigenvalue weighted by Gasteiger charge is -2.49. The first kappa shape index (κ1) is 15.9. The van der Waals surface area contributed by atoms with Gasteiger partial charge in [-0.1, -0.05) is 6.08 Å². The molecule has 2 aliphatic carbocycles. The Morgan fingerprint density at radius 1 is 1.57 bits per heavy atom. The second kappa shape index (κ2) is 5.40. The number of esters is 1. The monoisotopic (exact) mass is 297 g/mol. The van der Waals surface area contributed by atoms with Crippen LogP contribution in [0.15, 0.2) is 11.6 Å². The highest BCUT2D eigenvalue weighted by Gasteiger charge is 2.59. The molecule has 0 aromatic rings. The molecule has 0 radical (unpaired) electrons. The van der Waals surface area contributed by atoms with Gasteiger partial charge in [0.05, 0.1) is 18.4 Å². The van der Waals surface area contributed by atoms with Gasteiger partial charge >= 0.3 is 5.97 Å². The summed E-state index contributed by atoms with van der Waals surface area (Å²) in [4.78, 5) is 22.7. The zero-order valence-corrected chi connectivity index (χ0v) is 12.8.